The molecule has 2 aliphatic rings. The number of hydrogen-bond acceptors (Lipinski definition) is 4. The summed E-state index contributed by atoms with van der Waals surface area (Å²) in [6.45, 7) is 4.56. The van der Waals surface area contributed by atoms with Gasteiger partial charge in [0.2, 0.25) is 5.91 Å². The van der Waals surface area contributed by atoms with E-state index in [1.54, 1.807) is 0 Å². The largest absolute Gasteiger partial charge is 0.356 e. The number of amides is 1. The van der Waals surface area contributed by atoms with E-state index in [0.717, 1.165) is 54.2 Å². The van der Waals surface area contributed by atoms with Crippen molar-refractivity contribution < 1.29 is 4.79 Å². The molecule has 2 aliphatic heterocycles. The number of nitrogens with zero attached hydrogens (tertiary/aromatic N) is 3. The standard InChI is InChI=1S/C13H17IN4O/c1-9-16-10(14)8-11(17-9)18-6-3-13(4-7-18)2-5-15-12(13)19/h8H,2-7H2,1H3,(H,15,19). The van der Waals surface area contributed by atoms with E-state index in [0.29, 0.717) is 0 Å². The quantitative estimate of drug-likeness (QED) is 0.600. The lowest BCUT2D eigenvalue weighted by atomic mass is 9.77. The lowest BCUT2D eigenvalue weighted by Crippen LogP contribution is -2.44. The third-order valence-corrected chi connectivity index (χ3v) is 4.76. The van der Waals surface area contributed by atoms with Gasteiger partial charge in [-0.05, 0) is 48.8 Å². The van der Waals surface area contributed by atoms with Crippen molar-refractivity contribution in [2.24, 2.45) is 5.41 Å². The van der Waals surface area contributed by atoms with E-state index in [-0.39, 0.29) is 11.3 Å². The molecule has 0 unspecified atom stereocenters. The maximum atomic E-state index is 11.9. The van der Waals surface area contributed by atoms with Gasteiger partial charge in [0.05, 0.1) is 5.41 Å². The first-order chi connectivity index (χ1) is 9.09. The summed E-state index contributed by atoms with van der Waals surface area (Å²) < 4.78 is 0.971. The molecule has 0 saturated carbocycles. The minimum Gasteiger partial charge on any atom is -0.356 e. The summed E-state index contributed by atoms with van der Waals surface area (Å²) >= 11 is 2.22. The second-order valence-electron chi connectivity index (χ2n) is 5.37. The van der Waals surface area contributed by atoms with E-state index < -0.39 is 0 Å². The summed E-state index contributed by atoms with van der Waals surface area (Å²) in [5, 5.41) is 2.97. The third kappa shape index (κ3) is 2.42. The first-order valence-corrected chi connectivity index (χ1v) is 7.71. The molecule has 5 nitrogen and oxygen atoms in total. The summed E-state index contributed by atoms with van der Waals surface area (Å²) in [7, 11) is 0. The van der Waals surface area contributed by atoms with Crippen LogP contribution < -0.4 is 10.2 Å². The number of halogens is 1. The molecule has 3 rings (SSSR count). The minimum absolute atomic E-state index is 0.105. The molecular weight excluding hydrogens is 355 g/mol. The van der Waals surface area contributed by atoms with Gasteiger partial charge in [0.25, 0.3) is 0 Å². The molecular formula is C13H17IN4O. The number of piperidine rings is 1. The Morgan fingerprint density at radius 2 is 2.05 bits per heavy atom. The average Bonchev–Trinajstić information content (AvgIpc) is 2.71. The van der Waals surface area contributed by atoms with Crippen LogP contribution in [0.2, 0.25) is 0 Å². The number of rotatable bonds is 1. The Bertz CT molecular complexity index is 491. The Morgan fingerprint density at radius 3 is 2.63 bits per heavy atom. The SMILES string of the molecule is Cc1nc(I)cc(N2CCC3(CCNC3=O)CC2)n1. The zero-order valence-electron chi connectivity index (χ0n) is 10.9. The minimum atomic E-state index is -0.105. The van der Waals surface area contributed by atoms with Crippen LogP contribution in [-0.4, -0.2) is 35.5 Å². The van der Waals surface area contributed by atoms with Crippen molar-refractivity contribution >= 4 is 34.3 Å². The second-order valence-corrected chi connectivity index (χ2v) is 6.47. The molecule has 1 N–H and O–H groups in total. The van der Waals surface area contributed by atoms with E-state index >= 15 is 0 Å². The van der Waals surface area contributed by atoms with Crippen LogP contribution in [0.4, 0.5) is 5.82 Å². The maximum Gasteiger partial charge on any atom is 0.226 e. The fourth-order valence-electron chi connectivity index (χ4n) is 3.04. The predicted octanol–water partition coefficient (Wildman–Crippen LogP) is 1.50. The Kier molecular flexibility index (Phi) is 3.36. The summed E-state index contributed by atoms with van der Waals surface area (Å²) in [6, 6.07) is 2.01. The van der Waals surface area contributed by atoms with Crippen molar-refractivity contribution in [1.29, 1.82) is 0 Å². The highest BCUT2D eigenvalue weighted by Crippen LogP contribution is 2.38. The number of hydrogen-bond donors (Lipinski definition) is 1. The fourth-order valence-corrected chi connectivity index (χ4v) is 3.66. The van der Waals surface area contributed by atoms with Crippen LogP contribution in [0, 0.1) is 16.0 Å². The number of carbonyl (C=O) groups excluding carboxylic acids is 1. The molecule has 1 amide bonds. The molecule has 2 saturated heterocycles. The molecule has 0 aliphatic carbocycles. The van der Waals surface area contributed by atoms with E-state index in [4.69, 9.17) is 0 Å². The van der Waals surface area contributed by atoms with Gasteiger partial charge in [-0.15, -0.1) is 0 Å². The van der Waals surface area contributed by atoms with Crippen LogP contribution in [0.3, 0.4) is 0 Å². The van der Waals surface area contributed by atoms with Crippen LogP contribution in [0.1, 0.15) is 25.1 Å². The molecule has 2 fully saturated rings. The van der Waals surface area contributed by atoms with E-state index in [2.05, 4.69) is 42.8 Å². The highest BCUT2D eigenvalue weighted by Gasteiger charge is 2.44. The van der Waals surface area contributed by atoms with Crippen LogP contribution in [-0.2, 0) is 4.79 Å². The molecule has 1 aromatic heterocycles. The molecule has 1 spiro atoms. The lowest BCUT2D eigenvalue weighted by molar-refractivity contribution is -0.128. The van der Waals surface area contributed by atoms with Gasteiger partial charge in [-0.3, -0.25) is 4.79 Å². The van der Waals surface area contributed by atoms with Crippen molar-refractivity contribution in [3.8, 4) is 0 Å². The zero-order chi connectivity index (χ0) is 13.5. The van der Waals surface area contributed by atoms with Gasteiger partial charge in [0.15, 0.2) is 0 Å². The topological polar surface area (TPSA) is 58.1 Å². The number of aryl methyl sites for hydroxylation is 1. The van der Waals surface area contributed by atoms with E-state index in [1.165, 1.54) is 0 Å². The number of anilines is 1. The summed E-state index contributed by atoms with van der Waals surface area (Å²) in [4.78, 5) is 23.0. The van der Waals surface area contributed by atoms with Crippen LogP contribution in [0.5, 0.6) is 0 Å². The van der Waals surface area contributed by atoms with Gasteiger partial charge < -0.3 is 10.2 Å². The Labute approximate surface area is 126 Å². The number of nitrogens with one attached hydrogen (secondary N) is 1. The Hall–Kier alpha value is -0.920. The maximum absolute atomic E-state index is 11.9. The molecule has 0 aromatic carbocycles. The lowest BCUT2D eigenvalue weighted by Gasteiger charge is -2.37. The highest BCUT2D eigenvalue weighted by atomic mass is 127. The van der Waals surface area contributed by atoms with Gasteiger partial charge in [-0.2, -0.15) is 0 Å². The average molecular weight is 372 g/mol. The fraction of sp³-hybridized carbons (Fsp3) is 0.615. The monoisotopic (exact) mass is 372 g/mol. The van der Waals surface area contributed by atoms with Gasteiger partial charge in [0, 0.05) is 25.7 Å². The molecule has 0 atom stereocenters. The summed E-state index contributed by atoms with van der Waals surface area (Å²) in [5.41, 5.74) is -0.105. The first kappa shape index (κ1) is 13.1. The van der Waals surface area contributed by atoms with E-state index in [9.17, 15) is 4.79 Å². The van der Waals surface area contributed by atoms with Crippen LogP contribution in [0.15, 0.2) is 6.07 Å². The zero-order valence-corrected chi connectivity index (χ0v) is 13.1. The smallest absolute Gasteiger partial charge is 0.226 e. The predicted molar refractivity (Wildman–Crippen MR) is 81.0 cm³/mol. The highest BCUT2D eigenvalue weighted by molar-refractivity contribution is 14.1. The molecule has 3 heterocycles. The van der Waals surface area contributed by atoms with E-state index in [1.807, 2.05) is 13.0 Å². The molecule has 0 radical (unpaired) electrons. The van der Waals surface area contributed by atoms with Gasteiger partial charge in [-0.25, -0.2) is 9.97 Å². The Balaban J connectivity index is 1.75. The van der Waals surface area contributed by atoms with Crippen molar-refractivity contribution in [2.45, 2.75) is 26.2 Å². The summed E-state index contributed by atoms with van der Waals surface area (Å²) in [5.74, 6) is 2.05. The normalized spacial score (nSPS) is 21.8. The van der Waals surface area contributed by atoms with Gasteiger partial charge in [-0.1, -0.05) is 0 Å². The third-order valence-electron chi connectivity index (χ3n) is 4.21. The van der Waals surface area contributed by atoms with Crippen molar-refractivity contribution in [3.05, 3.63) is 15.6 Å². The molecule has 6 heteroatoms. The van der Waals surface area contributed by atoms with Crippen molar-refractivity contribution in [1.82, 2.24) is 15.3 Å². The molecule has 19 heavy (non-hydrogen) atoms. The Morgan fingerprint density at radius 1 is 1.32 bits per heavy atom. The molecule has 102 valence electrons. The van der Waals surface area contributed by atoms with Crippen LogP contribution in [0.25, 0.3) is 0 Å². The molecule has 0 bridgehead atoms. The first-order valence-electron chi connectivity index (χ1n) is 6.64. The van der Waals surface area contributed by atoms with Gasteiger partial charge >= 0.3 is 0 Å². The van der Waals surface area contributed by atoms with Crippen molar-refractivity contribution in [2.75, 3.05) is 24.5 Å². The van der Waals surface area contributed by atoms with Crippen molar-refractivity contribution in [3.63, 3.8) is 0 Å². The number of carbonyl (C=O) groups is 1. The number of aromatic nitrogens is 2. The molecule has 1 aromatic rings. The summed E-state index contributed by atoms with van der Waals surface area (Å²) in [6.07, 6.45) is 2.84. The van der Waals surface area contributed by atoms with Crippen LogP contribution >= 0.6 is 22.6 Å². The van der Waals surface area contributed by atoms with Gasteiger partial charge in [0.1, 0.15) is 15.3 Å². The second kappa shape index (κ2) is 4.88.